The molecule has 2 aromatic carbocycles. The van der Waals surface area contributed by atoms with Crippen LogP contribution in [0.4, 0.5) is 5.69 Å². The lowest BCUT2D eigenvalue weighted by Crippen LogP contribution is -2.57. The Labute approximate surface area is 283 Å². The summed E-state index contributed by atoms with van der Waals surface area (Å²) in [5.41, 5.74) is 1.83. The van der Waals surface area contributed by atoms with Gasteiger partial charge < -0.3 is 29.7 Å². The molecule has 11 heteroatoms. The number of likely N-dealkylation sites (tertiary alicyclic amines) is 1. The summed E-state index contributed by atoms with van der Waals surface area (Å²) in [6.45, 7) is 11.1. The molecule has 3 aliphatic heterocycles. The summed E-state index contributed by atoms with van der Waals surface area (Å²) in [5.74, 6) is -3.68. The maximum atomic E-state index is 14.7. The first-order chi connectivity index (χ1) is 22.6. The molecule has 1 spiro atoms. The molecule has 47 heavy (non-hydrogen) atoms. The molecule has 10 nitrogen and oxygen atoms in total. The maximum absolute atomic E-state index is 14.7. The van der Waals surface area contributed by atoms with Crippen molar-refractivity contribution in [2.75, 3.05) is 31.1 Å². The monoisotopic (exact) mass is 707 g/mol. The lowest BCUT2D eigenvalue weighted by Gasteiger charge is -2.37. The van der Waals surface area contributed by atoms with E-state index in [9.17, 15) is 24.3 Å². The van der Waals surface area contributed by atoms with Gasteiger partial charge in [0.2, 0.25) is 11.8 Å². The van der Waals surface area contributed by atoms with Crippen molar-refractivity contribution in [3.05, 3.63) is 90.5 Å². The van der Waals surface area contributed by atoms with Crippen molar-refractivity contribution < 1.29 is 33.8 Å². The second-order valence-electron chi connectivity index (χ2n) is 12.4. The van der Waals surface area contributed by atoms with Gasteiger partial charge in [-0.2, -0.15) is 0 Å². The van der Waals surface area contributed by atoms with E-state index in [2.05, 4.69) is 34.4 Å². The van der Waals surface area contributed by atoms with Crippen LogP contribution in [0.25, 0.3) is 0 Å². The van der Waals surface area contributed by atoms with Gasteiger partial charge in [-0.25, -0.2) is 0 Å². The first-order valence-electron chi connectivity index (χ1n) is 15.9. The number of ether oxygens (including phenoxy) is 2. The second-order valence-corrected chi connectivity index (χ2v) is 13.5. The molecule has 0 aromatic heterocycles. The van der Waals surface area contributed by atoms with Gasteiger partial charge in [0, 0.05) is 30.0 Å². The second kappa shape index (κ2) is 14.5. The van der Waals surface area contributed by atoms with Gasteiger partial charge in [-0.1, -0.05) is 76.6 Å². The number of nitrogens with one attached hydrogen (secondary N) is 1. The van der Waals surface area contributed by atoms with Crippen LogP contribution in [-0.4, -0.2) is 82.5 Å². The number of aryl methyl sites for hydroxylation is 2. The molecule has 0 saturated carbocycles. The number of carbonyl (C=O) groups excluding carboxylic acids is 4. The van der Waals surface area contributed by atoms with E-state index >= 15 is 0 Å². The van der Waals surface area contributed by atoms with E-state index < -0.39 is 47.6 Å². The number of allylic oxidation sites excluding steroid dienone is 1. The lowest BCUT2D eigenvalue weighted by atomic mass is 9.70. The molecule has 3 heterocycles. The number of hydrogen-bond acceptors (Lipinski definition) is 7. The Morgan fingerprint density at radius 2 is 1.85 bits per heavy atom. The standard InChI is InChI=1S/C36H42BrN3O7/c1-5-7-16-27(42)38-21-26(24-14-9-8-10-15-24)46-35(45)28-29-33(43)40(18-19-41)32(36(29)20-25(37)31(28)47-36)34(44)39(17-6-2)30-22(3)12-11-13-23(30)4/h5-6,8-15,25-26,28-29,31-32,41H,1-2,7,16-21H2,3-4H3,(H,38,42)/t25?,26-,28+,29-,31+,32+,36-/m1/s1. The Kier molecular flexibility index (Phi) is 10.7. The number of aliphatic hydroxyl groups is 1. The third-order valence-electron chi connectivity index (χ3n) is 9.41. The summed E-state index contributed by atoms with van der Waals surface area (Å²) in [4.78, 5) is 58.2. The van der Waals surface area contributed by atoms with Gasteiger partial charge >= 0.3 is 5.97 Å². The highest BCUT2D eigenvalue weighted by molar-refractivity contribution is 9.09. The van der Waals surface area contributed by atoms with Gasteiger partial charge in [0.15, 0.2) is 0 Å². The largest absolute Gasteiger partial charge is 0.455 e. The molecule has 7 atom stereocenters. The van der Waals surface area contributed by atoms with Crippen LogP contribution in [0.15, 0.2) is 73.8 Å². The Bertz CT molecular complexity index is 1510. The van der Waals surface area contributed by atoms with Crippen LogP contribution in [-0.2, 0) is 28.7 Å². The quantitative estimate of drug-likeness (QED) is 0.173. The normalized spacial score (nSPS) is 26.4. The first kappa shape index (κ1) is 34.5. The molecule has 2 aromatic rings. The van der Waals surface area contributed by atoms with E-state index in [0.717, 1.165) is 11.1 Å². The van der Waals surface area contributed by atoms with E-state index in [1.807, 2.05) is 50.2 Å². The van der Waals surface area contributed by atoms with Crippen LogP contribution < -0.4 is 10.2 Å². The number of β-amino-alcohol motifs (C(OH)–C–C–N with tert-alkyl or cyclic N) is 1. The number of anilines is 1. The molecular formula is C36H42BrN3O7. The Morgan fingerprint density at radius 3 is 2.49 bits per heavy atom. The van der Waals surface area contributed by atoms with Crippen molar-refractivity contribution in [3.63, 3.8) is 0 Å². The molecule has 3 aliphatic rings. The highest BCUT2D eigenvalue weighted by atomic mass is 79.9. The van der Waals surface area contributed by atoms with Crippen LogP contribution in [0, 0.1) is 25.7 Å². The fourth-order valence-electron chi connectivity index (χ4n) is 7.47. The van der Waals surface area contributed by atoms with Gasteiger partial charge in [0.25, 0.3) is 5.91 Å². The average Bonchev–Trinajstić information content (AvgIpc) is 3.65. The SMILES string of the molecule is C=CCCC(=O)NC[C@@H](OC(=O)[C@@H]1[C@H]2O[C@@]3(CC2Br)[C@H](C(=O)N(CC=C)c2c(C)cccc2C)N(CCO)C(=O)[C@@H]13)c1ccccc1. The number of fused-ring (bicyclic) bond motifs is 1. The number of rotatable bonds is 14. The zero-order valence-electron chi connectivity index (χ0n) is 26.8. The van der Waals surface area contributed by atoms with E-state index in [1.54, 1.807) is 29.2 Å². The molecule has 2 bridgehead atoms. The summed E-state index contributed by atoms with van der Waals surface area (Å²) in [6, 6.07) is 13.7. The number of alkyl halides is 1. The summed E-state index contributed by atoms with van der Waals surface area (Å²) in [7, 11) is 0. The van der Waals surface area contributed by atoms with Gasteiger partial charge in [0.1, 0.15) is 17.7 Å². The molecular weight excluding hydrogens is 666 g/mol. The predicted molar refractivity (Wildman–Crippen MR) is 181 cm³/mol. The highest BCUT2D eigenvalue weighted by Crippen LogP contribution is 2.60. The van der Waals surface area contributed by atoms with Crippen molar-refractivity contribution in [1.82, 2.24) is 10.2 Å². The van der Waals surface area contributed by atoms with Crippen LogP contribution in [0.1, 0.15) is 42.1 Å². The fraction of sp³-hybridized carbons (Fsp3) is 0.444. The van der Waals surface area contributed by atoms with Crippen LogP contribution in [0.2, 0.25) is 0 Å². The summed E-state index contributed by atoms with van der Waals surface area (Å²) in [6.07, 6.45) is 2.82. The zero-order valence-corrected chi connectivity index (χ0v) is 28.4. The third kappa shape index (κ3) is 6.40. The lowest BCUT2D eigenvalue weighted by molar-refractivity contribution is -0.160. The highest BCUT2D eigenvalue weighted by Gasteiger charge is 2.77. The molecule has 250 valence electrons. The number of halogens is 1. The molecule has 3 saturated heterocycles. The molecule has 3 fully saturated rings. The number of nitrogens with zero attached hydrogens (tertiary/aromatic N) is 2. The first-order valence-corrected chi connectivity index (χ1v) is 16.9. The average molecular weight is 709 g/mol. The van der Waals surface area contributed by atoms with Gasteiger partial charge in [-0.3, -0.25) is 19.2 Å². The van der Waals surface area contributed by atoms with E-state index in [-0.39, 0.29) is 49.3 Å². The molecule has 2 N–H and O–H groups in total. The van der Waals surface area contributed by atoms with Crippen molar-refractivity contribution in [3.8, 4) is 0 Å². The number of amides is 3. The van der Waals surface area contributed by atoms with E-state index in [1.165, 1.54) is 4.90 Å². The minimum absolute atomic E-state index is 0.0372. The molecule has 3 amide bonds. The Balaban J connectivity index is 1.48. The number of benzene rings is 2. The van der Waals surface area contributed by atoms with E-state index in [0.29, 0.717) is 24.1 Å². The van der Waals surface area contributed by atoms with Gasteiger partial charge in [0.05, 0.1) is 31.1 Å². The van der Waals surface area contributed by atoms with Crippen molar-refractivity contribution in [2.24, 2.45) is 11.8 Å². The van der Waals surface area contributed by atoms with Gasteiger partial charge in [-0.15, -0.1) is 13.2 Å². The zero-order chi connectivity index (χ0) is 33.9. The smallest absolute Gasteiger partial charge is 0.313 e. The van der Waals surface area contributed by atoms with Crippen LogP contribution >= 0.6 is 15.9 Å². The number of hydrogen-bond donors (Lipinski definition) is 2. The van der Waals surface area contributed by atoms with E-state index in [4.69, 9.17) is 9.47 Å². The third-order valence-corrected chi connectivity index (χ3v) is 10.3. The number of esters is 1. The summed E-state index contributed by atoms with van der Waals surface area (Å²) >= 11 is 3.69. The maximum Gasteiger partial charge on any atom is 0.313 e. The summed E-state index contributed by atoms with van der Waals surface area (Å²) < 4.78 is 12.7. The predicted octanol–water partition coefficient (Wildman–Crippen LogP) is 3.93. The number of para-hydroxylation sites is 1. The van der Waals surface area contributed by atoms with Crippen molar-refractivity contribution >= 4 is 45.3 Å². The summed E-state index contributed by atoms with van der Waals surface area (Å²) in [5, 5.41) is 12.9. The molecule has 1 unspecified atom stereocenters. The molecule has 5 rings (SSSR count). The molecule has 0 aliphatic carbocycles. The Hall–Kier alpha value is -3.80. The fourth-order valence-corrected chi connectivity index (χ4v) is 8.41. The number of aliphatic hydroxyl groups excluding tert-OH is 1. The van der Waals surface area contributed by atoms with Crippen LogP contribution in [0.5, 0.6) is 0 Å². The van der Waals surface area contributed by atoms with Crippen molar-refractivity contribution in [2.45, 2.75) is 61.8 Å². The topological polar surface area (TPSA) is 125 Å². The molecule has 0 radical (unpaired) electrons. The van der Waals surface area contributed by atoms with Gasteiger partial charge in [-0.05, 0) is 43.4 Å². The minimum atomic E-state index is -1.33. The number of carbonyl (C=O) groups is 4. The Morgan fingerprint density at radius 1 is 1.15 bits per heavy atom. The van der Waals surface area contributed by atoms with Crippen LogP contribution in [0.3, 0.4) is 0 Å². The minimum Gasteiger partial charge on any atom is -0.455 e. The van der Waals surface area contributed by atoms with Crippen molar-refractivity contribution in [1.29, 1.82) is 0 Å².